The van der Waals surface area contributed by atoms with Gasteiger partial charge in [0.2, 0.25) is 0 Å². The number of halogens is 2. The van der Waals surface area contributed by atoms with Crippen molar-refractivity contribution in [2.75, 3.05) is 26.2 Å². The number of aryl methyl sites for hydroxylation is 1. The molecule has 154 valence electrons. The SMILES string of the molecule is CCNC(=NCc1ncnn1C)NCC(c1cccc(Cl)c1)N1CCCC1.I. The van der Waals surface area contributed by atoms with E-state index in [0.29, 0.717) is 6.54 Å². The van der Waals surface area contributed by atoms with Crippen LogP contribution in [0.4, 0.5) is 0 Å². The fourth-order valence-corrected chi connectivity index (χ4v) is 3.57. The van der Waals surface area contributed by atoms with Crippen LogP contribution in [0.2, 0.25) is 5.02 Å². The summed E-state index contributed by atoms with van der Waals surface area (Å²) in [5.41, 5.74) is 1.24. The maximum atomic E-state index is 6.24. The van der Waals surface area contributed by atoms with E-state index >= 15 is 0 Å². The first-order valence-electron chi connectivity index (χ1n) is 9.52. The van der Waals surface area contributed by atoms with Gasteiger partial charge in [-0.1, -0.05) is 23.7 Å². The Bertz CT molecular complexity index is 758. The third-order valence-corrected chi connectivity index (χ3v) is 5.04. The normalized spacial score (nSPS) is 15.9. The van der Waals surface area contributed by atoms with Crippen molar-refractivity contribution in [2.45, 2.75) is 32.4 Å². The van der Waals surface area contributed by atoms with Gasteiger partial charge in [-0.2, -0.15) is 5.10 Å². The molecule has 1 aromatic carbocycles. The number of guanidine groups is 1. The second kappa shape index (κ2) is 11.6. The molecule has 1 aliphatic rings. The maximum absolute atomic E-state index is 6.24. The van der Waals surface area contributed by atoms with Crippen molar-refractivity contribution < 1.29 is 0 Å². The van der Waals surface area contributed by atoms with E-state index in [4.69, 9.17) is 11.6 Å². The first-order chi connectivity index (χ1) is 13.2. The van der Waals surface area contributed by atoms with Gasteiger partial charge in [-0.15, -0.1) is 24.0 Å². The molecule has 9 heteroatoms. The standard InChI is InChI=1S/C19H28ClN7.HI/c1-3-21-19(23-13-18-24-14-25-26(18)2)22-12-17(27-9-4-5-10-27)15-7-6-8-16(20)11-15;/h6-8,11,14,17H,3-5,9-10,12-13H2,1-2H3,(H2,21,22,23);1H. The van der Waals surface area contributed by atoms with Crippen LogP contribution in [0.1, 0.15) is 37.2 Å². The van der Waals surface area contributed by atoms with E-state index in [9.17, 15) is 0 Å². The highest BCUT2D eigenvalue weighted by molar-refractivity contribution is 14.0. The topological polar surface area (TPSA) is 70.4 Å². The van der Waals surface area contributed by atoms with E-state index in [1.165, 1.54) is 18.4 Å². The Morgan fingerprint density at radius 1 is 1.29 bits per heavy atom. The second-order valence-electron chi connectivity index (χ2n) is 6.69. The van der Waals surface area contributed by atoms with E-state index in [1.54, 1.807) is 11.0 Å². The zero-order valence-corrected chi connectivity index (χ0v) is 19.5. The Hall–Kier alpha value is -1.39. The van der Waals surface area contributed by atoms with Crippen LogP contribution in [0.15, 0.2) is 35.6 Å². The second-order valence-corrected chi connectivity index (χ2v) is 7.13. The number of hydrogen-bond acceptors (Lipinski definition) is 4. The van der Waals surface area contributed by atoms with Crippen LogP contribution in [0.5, 0.6) is 0 Å². The van der Waals surface area contributed by atoms with Crippen molar-refractivity contribution in [3.63, 3.8) is 0 Å². The summed E-state index contributed by atoms with van der Waals surface area (Å²) in [4.78, 5) is 11.4. The van der Waals surface area contributed by atoms with Gasteiger partial charge in [0.15, 0.2) is 5.96 Å². The Morgan fingerprint density at radius 2 is 2.07 bits per heavy atom. The van der Waals surface area contributed by atoms with Crippen LogP contribution in [-0.2, 0) is 13.6 Å². The molecule has 28 heavy (non-hydrogen) atoms. The van der Waals surface area contributed by atoms with Crippen LogP contribution in [0.25, 0.3) is 0 Å². The molecule has 0 bridgehead atoms. The minimum absolute atomic E-state index is 0. The van der Waals surface area contributed by atoms with Gasteiger partial charge in [-0.3, -0.25) is 9.58 Å². The minimum atomic E-state index is 0. The Labute approximate surface area is 189 Å². The predicted octanol–water partition coefficient (Wildman–Crippen LogP) is 2.98. The van der Waals surface area contributed by atoms with E-state index < -0.39 is 0 Å². The molecule has 2 aromatic rings. The summed E-state index contributed by atoms with van der Waals surface area (Å²) in [6, 6.07) is 8.43. The zero-order valence-electron chi connectivity index (χ0n) is 16.4. The van der Waals surface area contributed by atoms with E-state index in [0.717, 1.165) is 43.0 Å². The smallest absolute Gasteiger partial charge is 0.191 e. The van der Waals surface area contributed by atoms with Crippen LogP contribution >= 0.6 is 35.6 Å². The average molecular weight is 518 g/mol. The van der Waals surface area contributed by atoms with Crippen LogP contribution in [-0.4, -0.2) is 51.8 Å². The molecule has 1 saturated heterocycles. The van der Waals surface area contributed by atoms with Gasteiger partial charge in [0.25, 0.3) is 0 Å². The summed E-state index contributed by atoms with van der Waals surface area (Å²) in [6.07, 6.45) is 4.04. The summed E-state index contributed by atoms with van der Waals surface area (Å²) in [7, 11) is 1.88. The van der Waals surface area contributed by atoms with E-state index in [-0.39, 0.29) is 30.0 Å². The Kier molecular flexibility index (Phi) is 9.46. The van der Waals surface area contributed by atoms with Gasteiger partial charge in [-0.25, -0.2) is 9.98 Å². The first kappa shape index (κ1) is 22.9. The lowest BCUT2D eigenvalue weighted by molar-refractivity contribution is 0.245. The number of hydrogen-bond donors (Lipinski definition) is 2. The molecule has 1 fully saturated rings. The molecule has 2 N–H and O–H groups in total. The minimum Gasteiger partial charge on any atom is -0.357 e. The summed E-state index contributed by atoms with van der Waals surface area (Å²) < 4.78 is 1.74. The number of rotatable bonds is 7. The van der Waals surface area contributed by atoms with E-state index in [1.807, 2.05) is 19.2 Å². The van der Waals surface area contributed by atoms with Crippen molar-refractivity contribution in [3.05, 3.63) is 47.0 Å². The predicted molar refractivity (Wildman–Crippen MR) is 124 cm³/mol. The fraction of sp³-hybridized carbons (Fsp3) is 0.526. The van der Waals surface area contributed by atoms with Crippen molar-refractivity contribution in [2.24, 2.45) is 12.0 Å². The number of nitrogens with zero attached hydrogens (tertiary/aromatic N) is 5. The highest BCUT2D eigenvalue weighted by atomic mass is 127. The quantitative estimate of drug-likeness (QED) is 0.336. The molecule has 0 radical (unpaired) electrons. The summed E-state index contributed by atoms with van der Waals surface area (Å²) in [5.74, 6) is 1.62. The lowest BCUT2D eigenvalue weighted by Gasteiger charge is -2.29. The highest BCUT2D eigenvalue weighted by Gasteiger charge is 2.23. The number of benzene rings is 1. The number of aliphatic imine (C=N–C) groups is 1. The number of nitrogens with one attached hydrogen (secondary N) is 2. The fourth-order valence-electron chi connectivity index (χ4n) is 3.37. The van der Waals surface area contributed by atoms with Gasteiger partial charge >= 0.3 is 0 Å². The molecule has 0 saturated carbocycles. The summed E-state index contributed by atoms with van der Waals surface area (Å²) in [5, 5.41) is 11.7. The highest BCUT2D eigenvalue weighted by Crippen LogP contribution is 2.26. The molecule has 3 rings (SSSR count). The number of likely N-dealkylation sites (tertiary alicyclic amines) is 1. The molecule has 7 nitrogen and oxygen atoms in total. The van der Waals surface area contributed by atoms with Crippen LogP contribution < -0.4 is 10.6 Å². The molecule has 0 aliphatic carbocycles. The van der Waals surface area contributed by atoms with Crippen molar-refractivity contribution >= 4 is 41.5 Å². The van der Waals surface area contributed by atoms with E-state index in [2.05, 4.69) is 49.7 Å². The molecule has 1 unspecified atom stereocenters. The van der Waals surface area contributed by atoms with Gasteiger partial charge in [0.1, 0.15) is 18.7 Å². The first-order valence-corrected chi connectivity index (χ1v) is 9.89. The van der Waals surface area contributed by atoms with Gasteiger partial charge in [0, 0.05) is 25.2 Å². The Morgan fingerprint density at radius 3 is 2.71 bits per heavy atom. The zero-order chi connectivity index (χ0) is 19.1. The van der Waals surface area contributed by atoms with Gasteiger partial charge in [-0.05, 0) is 50.6 Å². The Balaban J connectivity index is 0.00000280. The molecule has 1 aromatic heterocycles. The molecule has 2 heterocycles. The molecule has 0 amide bonds. The average Bonchev–Trinajstić information content (AvgIpc) is 3.32. The monoisotopic (exact) mass is 517 g/mol. The van der Waals surface area contributed by atoms with Crippen LogP contribution in [0, 0.1) is 0 Å². The van der Waals surface area contributed by atoms with Crippen molar-refractivity contribution in [3.8, 4) is 0 Å². The summed E-state index contributed by atoms with van der Waals surface area (Å²) >= 11 is 6.24. The summed E-state index contributed by atoms with van der Waals surface area (Å²) in [6.45, 7) is 6.35. The molecule has 1 atom stereocenters. The largest absolute Gasteiger partial charge is 0.357 e. The maximum Gasteiger partial charge on any atom is 0.191 e. The lowest BCUT2D eigenvalue weighted by Crippen LogP contribution is -2.42. The van der Waals surface area contributed by atoms with Crippen molar-refractivity contribution in [1.82, 2.24) is 30.3 Å². The third-order valence-electron chi connectivity index (χ3n) is 4.81. The lowest BCUT2D eigenvalue weighted by atomic mass is 10.1. The third kappa shape index (κ3) is 6.31. The van der Waals surface area contributed by atoms with Crippen molar-refractivity contribution in [1.29, 1.82) is 0 Å². The van der Waals surface area contributed by atoms with Gasteiger partial charge < -0.3 is 10.6 Å². The molecular formula is C19H29ClIN7. The molecule has 0 spiro atoms. The molecule has 1 aliphatic heterocycles. The number of aromatic nitrogens is 3. The van der Waals surface area contributed by atoms with Crippen LogP contribution in [0.3, 0.4) is 0 Å². The molecular weight excluding hydrogens is 489 g/mol. The van der Waals surface area contributed by atoms with Gasteiger partial charge in [0.05, 0.1) is 6.04 Å².